The average Bonchev–Trinajstić information content (AvgIpc) is 2.56. The Bertz CT molecular complexity index is 277. The molecule has 64 valence electrons. The molecule has 3 heteroatoms. The lowest BCUT2D eigenvalue weighted by Crippen LogP contribution is -1.99. The second-order valence-corrected chi connectivity index (χ2v) is 3.30. The SMILES string of the molecule is C=C(CC)CC(=O)c1cscn1. The number of thiazole rings is 1. The standard InChI is InChI=1S/C9H11NOS/c1-3-7(2)4-9(11)8-5-12-6-10-8/h5-6H,2-4H2,1H3. The second kappa shape index (κ2) is 4.16. The van der Waals surface area contributed by atoms with E-state index in [2.05, 4.69) is 11.6 Å². The van der Waals surface area contributed by atoms with Crippen LogP contribution in [-0.4, -0.2) is 10.8 Å². The zero-order chi connectivity index (χ0) is 8.97. The molecule has 0 saturated heterocycles. The van der Waals surface area contributed by atoms with E-state index in [1.54, 1.807) is 10.9 Å². The highest BCUT2D eigenvalue weighted by Gasteiger charge is 2.07. The third-order valence-corrected chi connectivity index (χ3v) is 2.22. The van der Waals surface area contributed by atoms with Crippen LogP contribution in [0.15, 0.2) is 23.0 Å². The lowest BCUT2D eigenvalue weighted by molar-refractivity contribution is 0.0988. The van der Waals surface area contributed by atoms with Gasteiger partial charge >= 0.3 is 0 Å². The molecule has 1 aromatic heterocycles. The van der Waals surface area contributed by atoms with Gasteiger partial charge in [-0.1, -0.05) is 19.1 Å². The molecule has 0 saturated carbocycles. The number of hydrogen-bond donors (Lipinski definition) is 0. The number of carbonyl (C=O) groups excluding carboxylic acids is 1. The van der Waals surface area contributed by atoms with E-state index in [-0.39, 0.29) is 5.78 Å². The Labute approximate surface area is 76.0 Å². The first-order valence-electron chi connectivity index (χ1n) is 3.82. The fourth-order valence-electron chi connectivity index (χ4n) is 0.793. The highest BCUT2D eigenvalue weighted by Crippen LogP contribution is 2.10. The number of aromatic nitrogens is 1. The lowest BCUT2D eigenvalue weighted by atomic mass is 10.1. The van der Waals surface area contributed by atoms with E-state index in [9.17, 15) is 4.79 Å². The third kappa shape index (κ3) is 2.27. The Morgan fingerprint density at radius 3 is 3.00 bits per heavy atom. The van der Waals surface area contributed by atoms with Crippen LogP contribution in [0.4, 0.5) is 0 Å². The molecule has 0 fully saturated rings. The molecule has 12 heavy (non-hydrogen) atoms. The summed E-state index contributed by atoms with van der Waals surface area (Å²) in [6, 6.07) is 0. The number of rotatable bonds is 4. The first kappa shape index (κ1) is 9.13. The molecular weight excluding hydrogens is 170 g/mol. The molecule has 0 aromatic carbocycles. The molecule has 0 aliphatic rings. The number of Topliss-reactive ketones (excluding diaryl/α,β-unsaturated/α-hetero) is 1. The molecule has 0 bridgehead atoms. The van der Waals surface area contributed by atoms with Crippen LogP contribution in [0.1, 0.15) is 30.3 Å². The van der Waals surface area contributed by atoms with E-state index in [0.29, 0.717) is 12.1 Å². The molecule has 1 rings (SSSR count). The molecule has 0 unspecified atom stereocenters. The Morgan fingerprint density at radius 1 is 1.75 bits per heavy atom. The third-order valence-electron chi connectivity index (χ3n) is 1.63. The van der Waals surface area contributed by atoms with Gasteiger partial charge in [0.25, 0.3) is 0 Å². The molecule has 0 radical (unpaired) electrons. The van der Waals surface area contributed by atoms with E-state index >= 15 is 0 Å². The van der Waals surface area contributed by atoms with Crippen LogP contribution in [0, 0.1) is 0 Å². The van der Waals surface area contributed by atoms with Crippen LogP contribution in [-0.2, 0) is 0 Å². The van der Waals surface area contributed by atoms with Crippen molar-refractivity contribution >= 4 is 17.1 Å². The van der Waals surface area contributed by atoms with Crippen LogP contribution in [0.3, 0.4) is 0 Å². The molecule has 2 nitrogen and oxygen atoms in total. The maximum Gasteiger partial charge on any atom is 0.186 e. The maximum absolute atomic E-state index is 11.4. The summed E-state index contributed by atoms with van der Waals surface area (Å²) >= 11 is 1.44. The zero-order valence-electron chi connectivity index (χ0n) is 7.04. The quantitative estimate of drug-likeness (QED) is 0.528. The van der Waals surface area contributed by atoms with Gasteiger partial charge in [0.1, 0.15) is 5.69 Å². The van der Waals surface area contributed by atoms with Crippen LogP contribution in [0.2, 0.25) is 0 Å². The van der Waals surface area contributed by atoms with Gasteiger partial charge in [-0.2, -0.15) is 0 Å². The highest BCUT2D eigenvalue weighted by molar-refractivity contribution is 7.07. The molecule has 0 atom stereocenters. The van der Waals surface area contributed by atoms with Gasteiger partial charge in [0, 0.05) is 11.8 Å². The van der Waals surface area contributed by atoms with Gasteiger partial charge in [-0.15, -0.1) is 11.3 Å². The van der Waals surface area contributed by atoms with Gasteiger partial charge in [0.05, 0.1) is 5.51 Å². The zero-order valence-corrected chi connectivity index (χ0v) is 7.86. The summed E-state index contributed by atoms with van der Waals surface area (Å²) < 4.78 is 0. The van der Waals surface area contributed by atoms with Crippen LogP contribution in [0.5, 0.6) is 0 Å². The van der Waals surface area contributed by atoms with Gasteiger partial charge < -0.3 is 0 Å². The van der Waals surface area contributed by atoms with Crippen molar-refractivity contribution < 1.29 is 4.79 Å². The molecule has 1 aromatic rings. The first-order chi connectivity index (χ1) is 5.74. The van der Waals surface area contributed by atoms with Crippen molar-refractivity contribution in [2.24, 2.45) is 0 Å². The Balaban J connectivity index is 2.56. The molecule has 0 aliphatic heterocycles. The van der Waals surface area contributed by atoms with E-state index in [1.807, 2.05) is 6.92 Å². The number of hydrogen-bond acceptors (Lipinski definition) is 3. The summed E-state index contributed by atoms with van der Waals surface area (Å²) in [5.74, 6) is 0.0723. The van der Waals surface area contributed by atoms with E-state index in [1.165, 1.54) is 11.3 Å². The van der Waals surface area contributed by atoms with Crippen molar-refractivity contribution in [3.05, 3.63) is 28.7 Å². The second-order valence-electron chi connectivity index (χ2n) is 2.58. The summed E-state index contributed by atoms with van der Waals surface area (Å²) in [5, 5.41) is 1.77. The summed E-state index contributed by atoms with van der Waals surface area (Å²) in [6.45, 7) is 5.77. The highest BCUT2D eigenvalue weighted by atomic mass is 32.1. The summed E-state index contributed by atoms with van der Waals surface area (Å²) in [7, 11) is 0. The first-order valence-corrected chi connectivity index (χ1v) is 4.76. The number of carbonyl (C=O) groups is 1. The van der Waals surface area contributed by atoms with E-state index in [0.717, 1.165) is 12.0 Å². The number of nitrogens with zero attached hydrogens (tertiary/aromatic N) is 1. The van der Waals surface area contributed by atoms with E-state index in [4.69, 9.17) is 0 Å². The average molecular weight is 181 g/mol. The van der Waals surface area contributed by atoms with Crippen LogP contribution >= 0.6 is 11.3 Å². The van der Waals surface area contributed by atoms with Crippen molar-refractivity contribution in [3.63, 3.8) is 0 Å². The van der Waals surface area contributed by atoms with Crippen LogP contribution < -0.4 is 0 Å². The largest absolute Gasteiger partial charge is 0.292 e. The fraction of sp³-hybridized carbons (Fsp3) is 0.333. The monoisotopic (exact) mass is 181 g/mol. The molecule has 0 amide bonds. The predicted molar refractivity (Wildman–Crippen MR) is 50.5 cm³/mol. The summed E-state index contributed by atoms with van der Waals surface area (Å²) in [6.07, 6.45) is 1.29. The van der Waals surface area contributed by atoms with Crippen molar-refractivity contribution in [3.8, 4) is 0 Å². The molecule has 0 N–H and O–H groups in total. The maximum atomic E-state index is 11.4. The van der Waals surface area contributed by atoms with Crippen LogP contribution in [0.25, 0.3) is 0 Å². The molecule has 1 heterocycles. The van der Waals surface area contributed by atoms with Gasteiger partial charge in [-0.3, -0.25) is 4.79 Å². The Kier molecular flexibility index (Phi) is 3.17. The Morgan fingerprint density at radius 2 is 2.50 bits per heavy atom. The molecule has 0 spiro atoms. The summed E-state index contributed by atoms with van der Waals surface area (Å²) in [5.41, 5.74) is 3.20. The normalized spacial score (nSPS) is 9.75. The van der Waals surface area contributed by atoms with Gasteiger partial charge in [-0.25, -0.2) is 4.98 Å². The topological polar surface area (TPSA) is 30.0 Å². The van der Waals surface area contributed by atoms with Crippen molar-refractivity contribution in [2.75, 3.05) is 0 Å². The number of allylic oxidation sites excluding steroid dienone is 1. The van der Waals surface area contributed by atoms with Crippen molar-refractivity contribution in [2.45, 2.75) is 19.8 Å². The van der Waals surface area contributed by atoms with E-state index < -0.39 is 0 Å². The minimum absolute atomic E-state index is 0.0723. The minimum Gasteiger partial charge on any atom is -0.292 e. The van der Waals surface area contributed by atoms with Crippen molar-refractivity contribution in [1.29, 1.82) is 0 Å². The van der Waals surface area contributed by atoms with Crippen molar-refractivity contribution in [1.82, 2.24) is 4.98 Å². The minimum atomic E-state index is 0.0723. The molecule has 0 aliphatic carbocycles. The fourth-order valence-corrected chi connectivity index (χ4v) is 1.35. The lowest BCUT2D eigenvalue weighted by Gasteiger charge is -1.97. The number of ketones is 1. The summed E-state index contributed by atoms with van der Waals surface area (Å²) in [4.78, 5) is 15.3. The smallest absolute Gasteiger partial charge is 0.186 e. The van der Waals surface area contributed by atoms with Gasteiger partial charge in [0.15, 0.2) is 5.78 Å². The van der Waals surface area contributed by atoms with Gasteiger partial charge in [0.2, 0.25) is 0 Å². The van der Waals surface area contributed by atoms with Gasteiger partial charge in [-0.05, 0) is 6.42 Å². The Hall–Kier alpha value is -0.960. The molecular formula is C9H11NOS. The predicted octanol–water partition coefficient (Wildman–Crippen LogP) is 2.68.